The number of rotatable bonds is 7. The number of aromatic nitrogens is 2. The zero-order chi connectivity index (χ0) is 21.7. The molecular formula is C20H25FN6O2. The molecule has 0 saturated heterocycles. The average Bonchev–Trinajstić information content (AvgIpc) is 2.63. The number of carbonyl (C=O) groups is 1. The van der Waals surface area contributed by atoms with Gasteiger partial charge in [-0.25, -0.2) is 14.2 Å². The number of pyridine rings is 2. The number of anilines is 3. The maximum Gasteiger partial charge on any atom is 0.404 e. The van der Waals surface area contributed by atoms with Crippen molar-refractivity contribution < 1.29 is 14.3 Å². The van der Waals surface area contributed by atoms with Gasteiger partial charge in [0.15, 0.2) is 17.5 Å². The van der Waals surface area contributed by atoms with Crippen LogP contribution in [0, 0.1) is 36.9 Å². The Bertz CT molecular complexity index is 941. The largest absolute Gasteiger partial charge is 0.465 e. The number of hydrogen-bond donors (Lipinski definition) is 4. The average molecular weight is 400 g/mol. The van der Waals surface area contributed by atoms with E-state index in [0.717, 1.165) is 17.3 Å². The van der Waals surface area contributed by atoms with Gasteiger partial charge in [-0.3, -0.25) is 4.98 Å². The molecule has 29 heavy (non-hydrogen) atoms. The van der Waals surface area contributed by atoms with E-state index in [-0.39, 0.29) is 23.1 Å². The first-order chi connectivity index (χ1) is 13.6. The zero-order valence-corrected chi connectivity index (χ0v) is 17.0. The van der Waals surface area contributed by atoms with E-state index in [1.165, 1.54) is 0 Å². The van der Waals surface area contributed by atoms with E-state index in [9.17, 15) is 14.4 Å². The predicted octanol–water partition coefficient (Wildman–Crippen LogP) is 3.94. The Balaban J connectivity index is 2.37. The molecule has 154 valence electrons. The quantitative estimate of drug-likeness (QED) is 0.555. The summed E-state index contributed by atoms with van der Waals surface area (Å²) in [4.78, 5) is 19.5. The number of nitriles is 1. The van der Waals surface area contributed by atoms with Gasteiger partial charge in [0.2, 0.25) is 0 Å². The van der Waals surface area contributed by atoms with Gasteiger partial charge in [-0.15, -0.1) is 0 Å². The highest BCUT2D eigenvalue weighted by Gasteiger charge is 2.24. The number of hydrogen-bond acceptors (Lipinski definition) is 6. The Kier molecular flexibility index (Phi) is 6.93. The first kappa shape index (κ1) is 21.9. The Morgan fingerprint density at radius 2 is 1.93 bits per heavy atom. The second kappa shape index (κ2) is 9.19. The third-order valence-electron chi connectivity index (χ3n) is 4.61. The minimum atomic E-state index is -1.16. The van der Waals surface area contributed by atoms with E-state index in [1.54, 1.807) is 13.1 Å². The Hall–Kier alpha value is -3.41. The molecule has 8 nitrogen and oxygen atoms in total. The van der Waals surface area contributed by atoms with E-state index in [0.29, 0.717) is 5.69 Å². The molecule has 0 aliphatic carbocycles. The molecule has 0 unspecified atom stereocenters. The summed E-state index contributed by atoms with van der Waals surface area (Å²) in [5.74, 6) is -0.601. The lowest BCUT2D eigenvalue weighted by Crippen LogP contribution is -2.47. The molecule has 9 heteroatoms. The van der Waals surface area contributed by atoms with Crippen molar-refractivity contribution in [1.82, 2.24) is 15.3 Å². The standard InChI is InChI=1S/C20H25FN6O2/c1-10(2)17(13(5)24-20(28)29)26-19-16(21)7-14(8-22)18(27-19)25-15-6-11(3)12(4)23-9-15/h6-7,9-10,13,17,24H,1-5H3,(H,28,29)(H2,25,26,27)/t13-,17-/m0/s1. The number of aryl methyl sites for hydroxylation is 2. The van der Waals surface area contributed by atoms with Crippen LogP contribution < -0.4 is 16.0 Å². The highest BCUT2D eigenvalue weighted by Crippen LogP contribution is 2.25. The fourth-order valence-electron chi connectivity index (χ4n) is 2.93. The van der Waals surface area contributed by atoms with Crippen molar-refractivity contribution in [1.29, 1.82) is 5.26 Å². The topological polar surface area (TPSA) is 123 Å². The molecule has 2 heterocycles. The lowest BCUT2D eigenvalue weighted by atomic mass is 9.97. The number of nitrogens with zero attached hydrogens (tertiary/aromatic N) is 3. The van der Waals surface area contributed by atoms with Crippen LogP contribution in [0.3, 0.4) is 0 Å². The van der Waals surface area contributed by atoms with Crippen LogP contribution in [-0.2, 0) is 0 Å². The Morgan fingerprint density at radius 1 is 1.24 bits per heavy atom. The molecular weight excluding hydrogens is 375 g/mol. The summed E-state index contributed by atoms with van der Waals surface area (Å²) in [6.07, 6.45) is 0.444. The monoisotopic (exact) mass is 400 g/mol. The molecule has 2 atom stereocenters. The first-order valence-electron chi connectivity index (χ1n) is 9.19. The summed E-state index contributed by atoms with van der Waals surface area (Å²) in [6, 6.07) is 3.97. The van der Waals surface area contributed by atoms with Crippen molar-refractivity contribution in [3.63, 3.8) is 0 Å². The number of halogens is 1. The molecule has 0 aromatic carbocycles. The lowest BCUT2D eigenvalue weighted by Gasteiger charge is -2.29. The van der Waals surface area contributed by atoms with E-state index in [4.69, 9.17) is 5.11 Å². The molecule has 0 spiro atoms. The molecule has 0 aliphatic heterocycles. The van der Waals surface area contributed by atoms with E-state index in [2.05, 4.69) is 25.9 Å². The van der Waals surface area contributed by atoms with Crippen molar-refractivity contribution in [2.24, 2.45) is 5.92 Å². The minimum absolute atomic E-state index is 0.0194. The molecule has 0 fully saturated rings. The fourth-order valence-corrected chi connectivity index (χ4v) is 2.93. The highest BCUT2D eigenvalue weighted by atomic mass is 19.1. The van der Waals surface area contributed by atoms with Crippen molar-refractivity contribution in [2.45, 2.75) is 46.7 Å². The molecule has 0 radical (unpaired) electrons. The predicted molar refractivity (Wildman–Crippen MR) is 109 cm³/mol. The van der Waals surface area contributed by atoms with Gasteiger partial charge in [0.25, 0.3) is 0 Å². The van der Waals surface area contributed by atoms with Gasteiger partial charge < -0.3 is 21.1 Å². The summed E-state index contributed by atoms with van der Waals surface area (Å²) in [6.45, 7) is 9.26. The van der Waals surface area contributed by atoms with Gasteiger partial charge >= 0.3 is 6.09 Å². The van der Waals surface area contributed by atoms with Crippen molar-refractivity contribution in [2.75, 3.05) is 10.6 Å². The highest BCUT2D eigenvalue weighted by molar-refractivity contribution is 5.66. The Labute approximate surface area is 169 Å². The molecule has 2 aromatic rings. The summed E-state index contributed by atoms with van der Waals surface area (Å²) in [7, 11) is 0. The third-order valence-corrected chi connectivity index (χ3v) is 4.61. The maximum absolute atomic E-state index is 14.6. The number of nitrogens with one attached hydrogen (secondary N) is 3. The second-order valence-electron chi connectivity index (χ2n) is 7.23. The van der Waals surface area contributed by atoms with Crippen LogP contribution >= 0.6 is 0 Å². The van der Waals surface area contributed by atoms with Gasteiger partial charge in [-0.05, 0) is 44.4 Å². The fraction of sp³-hybridized carbons (Fsp3) is 0.400. The van der Waals surface area contributed by atoms with Gasteiger partial charge in [0.05, 0.1) is 17.4 Å². The van der Waals surface area contributed by atoms with Gasteiger partial charge in [-0.2, -0.15) is 5.26 Å². The van der Waals surface area contributed by atoms with E-state index < -0.39 is 24.0 Å². The summed E-state index contributed by atoms with van der Waals surface area (Å²) < 4.78 is 14.6. The van der Waals surface area contributed by atoms with Crippen LogP contribution in [0.5, 0.6) is 0 Å². The van der Waals surface area contributed by atoms with Crippen molar-refractivity contribution >= 4 is 23.4 Å². The number of carboxylic acid groups (broad SMARTS) is 1. The van der Waals surface area contributed by atoms with Gasteiger partial charge in [0.1, 0.15) is 6.07 Å². The van der Waals surface area contributed by atoms with Crippen molar-refractivity contribution in [3.8, 4) is 6.07 Å². The zero-order valence-electron chi connectivity index (χ0n) is 17.0. The van der Waals surface area contributed by atoms with Crippen molar-refractivity contribution in [3.05, 3.63) is 41.0 Å². The molecule has 2 aromatic heterocycles. The van der Waals surface area contributed by atoms with Crippen LogP contribution in [0.2, 0.25) is 0 Å². The molecule has 4 N–H and O–H groups in total. The minimum Gasteiger partial charge on any atom is -0.465 e. The van der Waals surface area contributed by atoms with Crippen LogP contribution in [0.25, 0.3) is 0 Å². The third kappa shape index (κ3) is 5.54. The van der Waals surface area contributed by atoms with Crippen LogP contribution in [0.15, 0.2) is 18.3 Å². The van der Waals surface area contributed by atoms with Crippen LogP contribution in [0.1, 0.15) is 37.6 Å². The summed E-state index contributed by atoms with van der Waals surface area (Å²) >= 11 is 0. The maximum atomic E-state index is 14.6. The molecule has 0 saturated carbocycles. The molecule has 1 amide bonds. The molecule has 0 aliphatic rings. The normalized spacial score (nSPS) is 12.8. The van der Waals surface area contributed by atoms with Crippen LogP contribution in [0.4, 0.5) is 26.5 Å². The smallest absolute Gasteiger partial charge is 0.404 e. The van der Waals surface area contributed by atoms with Gasteiger partial charge in [-0.1, -0.05) is 13.8 Å². The Morgan fingerprint density at radius 3 is 2.48 bits per heavy atom. The first-order valence-corrected chi connectivity index (χ1v) is 9.19. The summed E-state index contributed by atoms with van der Waals surface area (Å²) in [5, 5.41) is 26.7. The number of amides is 1. The summed E-state index contributed by atoms with van der Waals surface area (Å²) in [5.41, 5.74) is 2.51. The molecule has 2 rings (SSSR count). The van der Waals surface area contributed by atoms with E-state index in [1.807, 2.05) is 39.8 Å². The van der Waals surface area contributed by atoms with Gasteiger partial charge in [0, 0.05) is 17.8 Å². The van der Waals surface area contributed by atoms with E-state index >= 15 is 0 Å². The SMILES string of the molecule is Cc1cc(Nc2nc(N[C@@H](C(C)C)[C@H](C)NC(=O)O)c(F)cc2C#N)cnc1C. The lowest BCUT2D eigenvalue weighted by molar-refractivity contribution is 0.188. The molecule has 0 bridgehead atoms. The van der Waals surface area contributed by atoms with Crippen LogP contribution in [-0.4, -0.2) is 33.3 Å². The second-order valence-corrected chi connectivity index (χ2v) is 7.23.